The molecular formula is C24H34Cl2N2O4. The Kier molecular flexibility index (Phi) is 8.51. The molecule has 0 fully saturated rings. The second kappa shape index (κ2) is 10.3. The number of nitrogens with one attached hydrogen (secondary N) is 1. The number of nitrogens with zero attached hydrogens (tertiary/aromatic N) is 1. The molecule has 0 saturated carbocycles. The fourth-order valence-corrected chi connectivity index (χ4v) is 3.55. The van der Waals surface area contributed by atoms with Gasteiger partial charge in [0.25, 0.3) is 5.56 Å². The third-order valence-electron chi connectivity index (χ3n) is 4.54. The lowest BCUT2D eigenvalue weighted by Crippen LogP contribution is -2.36. The van der Waals surface area contributed by atoms with Crippen molar-refractivity contribution in [3.63, 3.8) is 0 Å². The number of pyridine rings is 1. The van der Waals surface area contributed by atoms with Crippen LogP contribution in [0.4, 0.5) is 4.79 Å². The zero-order chi connectivity index (χ0) is 24.3. The number of ether oxygens (including phenoxy) is 2. The Labute approximate surface area is 200 Å². The predicted molar refractivity (Wildman–Crippen MR) is 131 cm³/mol. The molecule has 1 amide bonds. The van der Waals surface area contributed by atoms with Gasteiger partial charge in [0.15, 0.2) is 0 Å². The van der Waals surface area contributed by atoms with Crippen LogP contribution in [0.5, 0.6) is 5.75 Å². The molecule has 0 saturated heterocycles. The summed E-state index contributed by atoms with van der Waals surface area (Å²) in [4.78, 5) is 25.9. The number of carbonyl (C=O) groups is 1. The van der Waals surface area contributed by atoms with Gasteiger partial charge in [0.2, 0.25) is 0 Å². The second-order valence-electron chi connectivity index (χ2n) is 10.1. The minimum Gasteiger partial charge on any atom is -0.491 e. The Morgan fingerprint density at radius 2 is 1.66 bits per heavy atom. The minimum atomic E-state index is -0.636. The molecule has 178 valence electrons. The van der Waals surface area contributed by atoms with E-state index in [2.05, 4.69) is 12.2 Å². The first-order chi connectivity index (χ1) is 14.7. The van der Waals surface area contributed by atoms with Crippen LogP contribution in [-0.4, -0.2) is 22.9 Å². The summed E-state index contributed by atoms with van der Waals surface area (Å²) in [5, 5.41) is 4.41. The van der Waals surface area contributed by atoms with Gasteiger partial charge in [-0.25, -0.2) is 4.79 Å². The summed E-state index contributed by atoms with van der Waals surface area (Å²) in [5.41, 5.74) is -0.478. The fraction of sp³-hybridized carbons (Fsp3) is 0.583. The molecule has 0 radical (unpaired) electrons. The molecular weight excluding hydrogens is 451 g/mol. The number of rotatable bonds is 7. The van der Waals surface area contributed by atoms with E-state index in [1.165, 1.54) is 0 Å². The van der Waals surface area contributed by atoms with Crippen LogP contribution in [0.25, 0.3) is 10.8 Å². The van der Waals surface area contributed by atoms with Crippen molar-refractivity contribution >= 4 is 40.1 Å². The molecule has 1 N–H and O–H groups in total. The monoisotopic (exact) mass is 484 g/mol. The molecule has 1 aromatic carbocycles. The van der Waals surface area contributed by atoms with Gasteiger partial charge in [0, 0.05) is 11.9 Å². The number of amides is 1. The molecule has 0 aliphatic rings. The highest BCUT2D eigenvalue weighted by atomic mass is 35.5. The van der Waals surface area contributed by atoms with Gasteiger partial charge in [-0.1, -0.05) is 57.3 Å². The maximum atomic E-state index is 13.5. The third-order valence-corrected chi connectivity index (χ3v) is 5.27. The van der Waals surface area contributed by atoms with Crippen molar-refractivity contribution in [2.24, 2.45) is 5.41 Å². The molecule has 1 heterocycles. The highest BCUT2D eigenvalue weighted by Gasteiger charge is 2.24. The van der Waals surface area contributed by atoms with Crippen LogP contribution < -0.4 is 15.6 Å². The number of unbranched alkanes of at least 4 members (excludes halogenated alkanes) is 1. The smallest absolute Gasteiger partial charge is 0.407 e. The van der Waals surface area contributed by atoms with E-state index < -0.39 is 11.7 Å². The zero-order valence-electron chi connectivity index (χ0n) is 20.0. The van der Waals surface area contributed by atoms with Gasteiger partial charge in [-0.05, 0) is 44.7 Å². The molecule has 0 spiro atoms. The highest BCUT2D eigenvalue weighted by Crippen LogP contribution is 2.35. The Balaban J connectivity index is 2.70. The Morgan fingerprint density at radius 3 is 2.19 bits per heavy atom. The largest absolute Gasteiger partial charge is 0.491 e. The maximum Gasteiger partial charge on any atom is 0.407 e. The fourth-order valence-electron chi connectivity index (χ4n) is 3.22. The lowest BCUT2D eigenvalue weighted by atomic mass is 9.96. The number of hydrogen-bond donors (Lipinski definition) is 1. The Morgan fingerprint density at radius 1 is 1.06 bits per heavy atom. The van der Waals surface area contributed by atoms with E-state index in [9.17, 15) is 9.59 Å². The van der Waals surface area contributed by atoms with Crippen LogP contribution in [0.3, 0.4) is 0 Å². The Hall–Kier alpha value is -1.92. The van der Waals surface area contributed by atoms with E-state index in [1.807, 2.05) is 20.8 Å². The molecule has 2 rings (SSSR count). The van der Waals surface area contributed by atoms with Gasteiger partial charge in [-0.3, -0.25) is 4.79 Å². The van der Waals surface area contributed by atoms with E-state index in [0.717, 1.165) is 12.8 Å². The van der Waals surface area contributed by atoms with Crippen molar-refractivity contribution in [1.29, 1.82) is 0 Å². The lowest BCUT2D eigenvalue weighted by molar-refractivity contribution is 0.0521. The van der Waals surface area contributed by atoms with E-state index in [-0.39, 0.29) is 17.5 Å². The molecule has 6 nitrogen and oxygen atoms in total. The molecule has 0 bridgehead atoms. The van der Waals surface area contributed by atoms with Crippen LogP contribution in [0.1, 0.15) is 67.0 Å². The maximum absolute atomic E-state index is 13.5. The van der Waals surface area contributed by atoms with Crippen molar-refractivity contribution in [3.8, 4) is 5.75 Å². The van der Waals surface area contributed by atoms with E-state index in [0.29, 0.717) is 45.4 Å². The number of alkyl carbamates (subject to hydrolysis) is 1. The van der Waals surface area contributed by atoms with Gasteiger partial charge in [-0.2, -0.15) is 0 Å². The van der Waals surface area contributed by atoms with Gasteiger partial charge in [0.1, 0.15) is 11.4 Å². The third kappa shape index (κ3) is 7.04. The van der Waals surface area contributed by atoms with Crippen molar-refractivity contribution in [2.45, 2.75) is 80.0 Å². The summed E-state index contributed by atoms with van der Waals surface area (Å²) < 4.78 is 13.2. The number of hydrogen-bond acceptors (Lipinski definition) is 4. The van der Waals surface area contributed by atoms with Gasteiger partial charge in [0.05, 0.1) is 34.3 Å². The first-order valence-electron chi connectivity index (χ1n) is 10.9. The van der Waals surface area contributed by atoms with Crippen LogP contribution >= 0.6 is 23.2 Å². The molecule has 0 aliphatic heterocycles. The van der Waals surface area contributed by atoms with E-state index in [1.54, 1.807) is 37.5 Å². The molecule has 2 aromatic rings. The summed E-state index contributed by atoms with van der Waals surface area (Å²) in [6.45, 7) is 14.6. The minimum absolute atomic E-state index is 0.0673. The van der Waals surface area contributed by atoms with Gasteiger partial charge >= 0.3 is 6.09 Å². The summed E-state index contributed by atoms with van der Waals surface area (Å²) in [7, 11) is 0. The zero-order valence-corrected chi connectivity index (χ0v) is 21.5. The summed E-state index contributed by atoms with van der Waals surface area (Å²) in [6, 6.07) is 3.23. The second-order valence-corrected chi connectivity index (χ2v) is 10.9. The first kappa shape index (κ1) is 26.3. The molecule has 32 heavy (non-hydrogen) atoms. The van der Waals surface area contributed by atoms with Crippen LogP contribution in [0.2, 0.25) is 10.0 Å². The molecule has 0 atom stereocenters. The number of aromatic nitrogens is 1. The Bertz CT molecular complexity index is 1030. The van der Waals surface area contributed by atoms with Gasteiger partial charge in [-0.15, -0.1) is 0 Å². The van der Waals surface area contributed by atoms with Crippen molar-refractivity contribution in [1.82, 2.24) is 9.88 Å². The molecule has 8 heteroatoms. The van der Waals surface area contributed by atoms with Crippen LogP contribution in [0, 0.1) is 5.41 Å². The van der Waals surface area contributed by atoms with E-state index in [4.69, 9.17) is 32.7 Å². The number of carbonyl (C=O) groups excluding carboxylic acids is 1. The van der Waals surface area contributed by atoms with E-state index >= 15 is 0 Å². The highest BCUT2D eigenvalue weighted by molar-refractivity contribution is 6.42. The number of benzene rings is 1. The average molecular weight is 485 g/mol. The number of halogens is 2. The van der Waals surface area contributed by atoms with Crippen molar-refractivity contribution in [2.75, 3.05) is 6.61 Å². The average Bonchev–Trinajstić information content (AvgIpc) is 2.64. The number of fused-ring (bicyclic) bond motifs is 1. The van der Waals surface area contributed by atoms with Gasteiger partial charge < -0.3 is 19.4 Å². The molecule has 0 aliphatic carbocycles. The SMILES string of the molecule is CCCCOc1c(CNC(=O)OC(C)(C)C)n(CC(C)(C)C)c(=O)c2cc(Cl)c(Cl)cc12. The lowest BCUT2D eigenvalue weighted by Gasteiger charge is -2.26. The molecule has 0 unspecified atom stereocenters. The topological polar surface area (TPSA) is 69.6 Å². The van der Waals surface area contributed by atoms with Crippen molar-refractivity contribution in [3.05, 3.63) is 38.2 Å². The van der Waals surface area contributed by atoms with Crippen LogP contribution in [0.15, 0.2) is 16.9 Å². The summed E-state index contributed by atoms with van der Waals surface area (Å²) >= 11 is 12.5. The van der Waals surface area contributed by atoms with Crippen LogP contribution in [-0.2, 0) is 17.8 Å². The normalized spacial score (nSPS) is 12.2. The standard InChI is InChI=1S/C24H34Cl2N2O4/c1-8-9-10-31-20-15-11-17(25)18(26)12-16(15)21(29)28(14-23(2,3)4)19(20)13-27-22(30)32-24(5,6)7/h11-12H,8-10,13-14H2,1-7H3,(H,27,30). The first-order valence-corrected chi connectivity index (χ1v) is 11.6. The molecule has 1 aromatic heterocycles. The summed E-state index contributed by atoms with van der Waals surface area (Å²) in [5.74, 6) is 0.520. The summed E-state index contributed by atoms with van der Waals surface area (Å²) in [6.07, 6.45) is 1.23. The quantitative estimate of drug-likeness (QED) is 0.451. The van der Waals surface area contributed by atoms with Crippen molar-refractivity contribution < 1.29 is 14.3 Å². The predicted octanol–water partition coefficient (Wildman–Crippen LogP) is 6.56.